The molecule has 4 rings (SSSR count). The van der Waals surface area contributed by atoms with Gasteiger partial charge in [0.15, 0.2) is 0 Å². The maximum atomic E-state index is 13.3. The first-order valence-corrected chi connectivity index (χ1v) is 10.6. The van der Waals surface area contributed by atoms with Crippen molar-refractivity contribution in [1.29, 1.82) is 0 Å². The van der Waals surface area contributed by atoms with Gasteiger partial charge < -0.3 is 15.0 Å². The van der Waals surface area contributed by atoms with Crippen molar-refractivity contribution in [2.24, 2.45) is 0 Å². The van der Waals surface area contributed by atoms with E-state index in [9.17, 15) is 35.9 Å². The molecule has 36 heavy (non-hydrogen) atoms. The number of fused-ring (bicyclic) bond motifs is 1. The lowest BCUT2D eigenvalue weighted by Gasteiger charge is -2.25. The Morgan fingerprint density at radius 3 is 2.19 bits per heavy atom. The first kappa shape index (κ1) is 25.1. The summed E-state index contributed by atoms with van der Waals surface area (Å²) in [5, 5.41) is 2.49. The number of hydrogen-bond acceptors (Lipinski definition) is 3. The highest BCUT2D eigenvalue weighted by atomic mass is 19.4. The number of rotatable bonds is 6. The van der Waals surface area contributed by atoms with Gasteiger partial charge >= 0.3 is 12.5 Å². The van der Waals surface area contributed by atoms with Crippen LogP contribution in [0.4, 0.5) is 26.3 Å². The second kappa shape index (κ2) is 9.56. The second-order valence-electron chi connectivity index (χ2n) is 7.99. The van der Waals surface area contributed by atoms with Gasteiger partial charge in [0.2, 0.25) is 5.91 Å². The normalized spacial score (nSPS) is 15.6. The van der Waals surface area contributed by atoms with Gasteiger partial charge in [0, 0.05) is 18.7 Å². The number of ether oxygens (including phenoxy) is 1. The number of carbonyl (C=O) groups is 2. The summed E-state index contributed by atoms with van der Waals surface area (Å²) in [6, 6.07) is 14.8. The third kappa shape index (κ3) is 5.45. The molecule has 1 aliphatic rings. The molecule has 11 heteroatoms. The van der Waals surface area contributed by atoms with Crippen LogP contribution in [0.25, 0.3) is 0 Å². The number of nitrogens with zero attached hydrogens (tertiary/aromatic N) is 1. The quantitative estimate of drug-likeness (QED) is 0.440. The standard InChI is InChI=1S/C25H18F6N2O3/c26-24(27,28)20-8-4-1-5-16(20)13-32-22(34)21-18-6-2-3-7-19(18)23(35)33(21)14-15-9-11-17(12-10-15)36-25(29,30)31/h1-12,21H,13-14H2,(H,32,34). The molecule has 0 bridgehead atoms. The minimum Gasteiger partial charge on any atom is -0.406 e. The molecule has 3 aromatic carbocycles. The number of carbonyl (C=O) groups excluding carboxylic acids is 2. The lowest BCUT2D eigenvalue weighted by Crippen LogP contribution is -2.38. The van der Waals surface area contributed by atoms with Crippen LogP contribution >= 0.6 is 0 Å². The lowest BCUT2D eigenvalue weighted by atomic mass is 10.0. The summed E-state index contributed by atoms with van der Waals surface area (Å²) in [6.07, 6.45) is -9.47. The summed E-state index contributed by atoms with van der Waals surface area (Å²) < 4.78 is 81.0. The van der Waals surface area contributed by atoms with Crippen LogP contribution in [0.15, 0.2) is 72.8 Å². The van der Waals surface area contributed by atoms with Crippen molar-refractivity contribution in [2.45, 2.75) is 31.7 Å². The average molecular weight is 508 g/mol. The molecule has 0 fully saturated rings. The number of halogens is 6. The smallest absolute Gasteiger partial charge is 0.406 e. The highest BCUT2D eigenvalue weighted by molar-refractivity contribution is 6.04. The van der Waals surface area contributed by atoms with Crippen LogP contribution in [-0.4, -0.2) is 23.1 Å². The van der Waals surface area contributed by atoms with E-state index in [1.165, 1.54) is 41.3 Å². The first-order valence-electron chi connectivity index (χ1n) is 10.6. The third-order valence-corrected chi connectivity index (χ3v) is 5.59. The summed E-state index contributed by atoms with van der Waals surface area (Å²) in [6.45, 7) is -0.546. The minimum absolute atomic E-state index is 0.128. The molecule has 0 aliphatic carbocycles. The topological polar surface area (TPSA) is 58.6 Å². The Hall–Kier alpha value is -4.02. The van der Waals surface area contributed by atoms with E-state index < -0.39 is 48.3 Å². The number of amides is 2. The molecule has 188 valence electrons. The van der Waals surface area contributed by atoms with Crippen LogP contribution in [0.2, 0.25) is 0 Å². The Morgan fingerprint density at radius 2 is 1.53 bits per heavy atom. The molecule has 0 saturated heterocycles. The van der Waals surface area contributed by atoms with E-state index in [2.05, 4.69) is 10.1 Å². The fourth-order valence-electron chi connectivity index (χ4n) is 4.04. The van der Waals surface area contributed by atoms with Gasteiger partial charge in [-0.25, -0.2) is 0 Å². The minimum atomic E-state index is -4.86. The fraction of sp³-hybridized carbons (Fsp3) is 0.200. The molecule has 0 saturated carbocycles. The van der Waals surface area contributed by atoms with Crippen LogP contribution in [0.5, 0.6) is 5.75 Å². The Morgan fingerprint density at radius 1 is 0.889 bits per heavy atom. The van der Waals surface area contributed by atoms with Crippen LogP contribution in [0.1, 0.15) is 38.7 Å². The molecule has 0 aromatic heterocycles. The van der Waals surface area contributed by atoms with E-state index in [0.717, 1.165) is 18.2 Å². The average Bonchev–Trinajstić information content (AvgIpc) is 3.09. The molecule has 2 amide bonds. The van der Waals surface area contributed by atoms with Gasteiger partial charge in [0.25, 0.3) is 5.91 Å². The molecule has 1 unspecified atom stereocenters. The van der Waals surface area contributed by atoms with E-state index in [-0.39, 0.29) is 17.7 Å². The first-order chi connectivity index (χ1) is 16.9. The van der Waals surface area contributed by atoms with Crippen molar-refractivity contribution >= 4 is 11.8 Å². The zero-order valence-corrected chi connectivity index (χ0v) is 18.4. The monoisotopic (exact) mass is 508 g/mol. The van der Waals surface area contributed by atoms with E-state index in [0.29, 0.717) is 11.1 Å². The second-order valence-corrected chi connectivity index (χ2v) is 7.99. The summed E-state index contributed by atoms with van der Waals surface area (Å²) in [5.74, 6) is -1.63. The van der Waals surface area contributed by atoms with Crippen molar-refractivity contribution in [3.63, 3.8) is 0 Å². The van der Waals surface area contributed by atoms with Crippen molar-refractivity contribution in [3.05, 3.63) is 101 Å². The Bertz CT molecular complexity index is 1270. The molecule has 1 N–H and O–H groups in total. The molecule has 5 nitrogen and oxygen atoms in total. The number of alkyl halides is 6. The summed E-state index contributed by atoms with van der Waals surface area (Å²) >= 11 is 0. The van der Waals surface area contributed by atoms with Crippen LogP contribution in [-0.2, 0) is 24.1 Å². The van der Waals surface area contributed by atoms with Crippen molar-refractivity contribution in [3.8, 4) is 5.75 Å². The van der Waals surface area contributed by atoms with Crippen molar-refractivity contribution < 1.29 is 40.7 Å². The third-order valence-electron chi connectivity index (χ3n) is 5.59. The molecule has 0 radical (unpaired) electrons. The largest absolute Gasteiger partial charge is 0.573 e. The van der Waals surface area contributed by atoms with E-state index in [4.69, 9.17) is 0 Å². The SMILES string of the molecule is O=C(NCc1ccccc1C(F)(F)F)C1c2ccccc2C(=O)N1Cc1ccc(OC(F)(F)F)cc1. The Kier molecular flexibility index (Phi) is 6.66. The molecule has 1 atom stereocenters. The maximum absolute atomic E-state index is 13.3. The van der Waals surface area contributed by atoms with Crippen LogP contribution in [0, 0.1) is 0 Å². The molecule has 3 aromatic rings. The van der Waals surface area contributed by atoms with Gasteiger partial charge in [-0.1, -0.05) is 48.5 Å². The highest BCUT2D eigenvalue weighted by Crippen LogP contribution is 2.36. The molecule has 1 aliphatic heterocycles. The molecular weight excluding hydrogens is 490 g/mol. The molecule has 0 spiro atoms. The Balaban J connectivity index is 1.56. The summed E-state index contributed by atoms with van der Waals surface area (Å²) in [7, 11) is 0. The van der Waals surface area contributed by atoms with Gasteiger partial charge in [-0.05, 0) is 41.0 Å². The predicted octanol–water partition coefficient (Wildman–Crippen LogP) is 5.62. The molecule has 1 heterocycles. The maximum Gasteiger partial charge on any atom is 0.573 e. The van der Waals surface area contributed by atoms with E-state index in [1.807, 2.05) is 0 Å². The van der Waals surface area contributed by atoms with Crippen molar-refractivity contribution in [1.82, 2.24) is 10.2 Å². The van der Waals surface area contributed by atoms with Gasteiger partial charge in [0.05, 0.1) is 5.56 Å². The van der Waals surface area contributed by atoms with Gasteiger partial charge in [-0.15, -0.1) is 13.2 Å². The fourth-order valence-corrected chi connectivity index (χ4v) is 4.04. The van der Waals surface area contributed by atoms with Gasteiger partial charge in [-0.3, -0.25) is 9.59 Å². The van der Waals surface area contributed by atoms with Gasteiger partial charge in [-0.2, -0.15) is 13.2 Å². The van der Waals surface area contributed by atoms with Gasteiger partial charge in [0.1, 0.15) is 11.8 Å². The van der Waals surface area contributed by atoms with Crippen molar-refractivity contribution in [2.75, 3.05) is 0 Å². The highest BCUT2D eigenvalue weighted by Gasteiger charge is 2.41. The zero-order chi connectivity index (χ0) is 26.1. The van der Waals surface area contributed by atoms with Crippen LogP contribution in [0.3, 0.4) is 0 Å². The number of benzene rings is 3. The van der Waals surface area contributed by atoms with E-state index >= 15 is 0 Å². The zero-order valence-electron chi connectivity index (χ0n) is 18.4. The molecular formula is C25H18F6N2O3. The lowest BCUT2D eigenvalue weighted by molar-refractivity contribution is -0.274. The van der Waals surface area contributed by atoms with Crippen LogP contribution < -0.4 is 10.1 Å². The summed E-state index contributed by atoms with van der Waals surface area (Å²) in [5.41, 5.74) is 0.0337. The Labute approximate surface area is 201 Å². The summed E-state index contributed by atoms with van der Waals surface area (Å²) in [4.78, 5) is 27.4. The number of nitrogens with one attached hydrogen (secondary N) is 1. The predicted molar refractivity (Wildman–Crippen MR) is 115 cm³/mol. The number of hydrogen-bond donors (Lipinski definition) is 1. The van der Waals surface area contributed by atoms with E-state index in [1.54, 1.807) is 18.2 Å².